The molecule has 0 saturated heterocycles. The molecule has 1 aliphatic carbocycles. The van der Waals surface area contributed by atoms with E-state index in [1.54, 1.807) is 18.2 Å². The second-order valence-electron chi connectivity index (χ2n) is 4.27. The molecule has 2 rings (SSSR count). The van der Waals surface area contributed by atoms with E-state index in [9.17, 15) is 4.79 Å². The van der Waals surface area contributed by atoms with Gasteiger partial charge in [0.2, 0.25) is 0 Å². The second kappa shape index (κ2) is 6.24. The Morgan fingerprint density at radius 3 is 2.94 bits per heavy atom. The number of benzene rings is 1. The average molecular weight is 246 g/mol. The summed E-state index contributed by atoms with van der Waals surface area (Å²) in [6, 6.07) is 5.27. The van der Waals surface area contributed by atoms with E-state index in [1.165, 1.54) is 0 Å². The van der Waals surface area contributed by atoms with Crippen molar-refractivity contribution in [2.24, 2.45) is 0 Å². The van der Waals surface area contributed by atoms with Crippen LogP contribution in [0.4, 0.5) is 0 Å². The molecule has 0 amide bonds. The Labute approximate surface area is 107 Å². The quantitative estimate of drug-likeness (QED) is 0.590. The molecular weight excluding hydrogens is 228 g/mol. The summed E-state index contributed by atoms with van der Waals surface area (Å²) in [6.45, 7) is 2.47. The molecule has 0 bridgehead atoms. The van der Waals surface area contributed by atoms with Gasteiger partial charge in [0.05, 0.1) is 6.61 Å². The first kappa shape index (κ1) is 12.7. The fourth-order valence-electron chi connectivity index (χ4n) is 2.01. The topological polar surface area (TPSA) is 35.5 Å². The zero-order chi connectivity index (χ0) is 12.8. The lowest BCUT2D eigenvalue weighted by Gasteiger charge is -2.20. The Kier molecular flexibility index (Phi) is 4.40. The van der Waals surface area contributed by atoms with E-state index in [2.05, 4.69) is 12.2 Å². The van der Waals surface area contributed by atoms with Crippen molar-refractivity contribution < 1.29 is 14.3 Å². The van der Waals surface area contributed by atoms with Gasteiger partial charge in [0.25, 0.3) is 0 Å². The van der Waals surface area contributed by atoms with Crippen LogP contribution in [-0.4, -0.2) is 19.0 Å². The maximum absolute atomic E-state index is 10.8. The minimum Gasteiger partial charge on any atom is -0.490 e. The third kappa shape index (κ3) is 3.13. The molecule has 1 aromatic carbocycles. The highest BCUT2D eigenvalue weighted by Gasteiger charge is 2.13. The third-order valence-corrected chi connectivity index (χ3v) is 2.89. The van der Waals surface area contributed by atoms with E-state index in [-0.39, 0.29) is 6.10 Å². The number of rotatable bonds is 5. The molecule has 1 aromatic rings. The number of aldehydes is 1. The van der Waals surface area contributed by atoms with Crippen LogP contribution in [0.2, 0.25) is 0 Å². The molecule has 96 valence electrons. The molecule has 0 saturated carbocycles. The predicted octanol–water partition coefficient (Wildman–Crippen LogP) is 3.39. The van der Waals surface area contributed by atoms with Gasteiger partial charge in [-0.15, -0.1) is 0 Å². The summed E-state index contributed by atoms with van der Waals surface area (Å²) in [5, 5.41) is 0. The molecule has 0 aliphatic heterocycles. The molecule has 0 radical (unpaired) electrons. The van der Waals surface area contributed by atoms with Gasteiger partial charge < -0.3 is 9.47 Å². The highest BCUT2D eigenvalue weighted by Crippen LogP contribution is 2.30. The smallest absolute Gasteiger partial charge is 0.162 e. The summed E-state index contributed by atoms with van der Waals surface area (Å²) >= 11 is 0. The fraction of sp³-hybridized carbons (Fsp3) is 0.400. The highest BCUT2D eigenvalue weighted by molar-refractivity contribution is 5.76. The maximum Gasteiger partial charge on any atom is 0.162 e. The van der Waals surface area contributed by atoms with Gasteiger partial charge in [-0.2, -0.15) is 0 Å². The van der Waals surface area contributed by atoms with Crippen LogP contribution in [0.25, 0.3) is 0 Å². The van der Waals surface area contributed by atoms with Gasteiger partial charge in [-0.05, 0) is 50.5 Å². The minimum absolute atomic E-state index is 0.111. The van der Waals surface area contributed by atoms with Gasteiger partial charge >= 0.3 is 0 Å². The molecule has 3 heteroatoms. The summed E-state index contributed by atoms with van der Waals surface area (Å²) < 4.78 is 11.4. The number of hydrogen-bond donors (Lipinski definition) is 0. The summed E-state index contributed by atoms with van der Waals surface area (Å²) in [4.78, 5) is 10.8. The van der Waals surface area contributed by atoms with Crippen LogP contribution < -0.4 is 9.47 Å². The molecular formula is C15H18O3. The number of carbonyl (C=O) groups excluding carboxylic acids is 1. The van der Waals surface area contributed by atoms with Crippen molar-refractivity contribution in [3.8, 4) is 11.5 Å². The van der Waals surface area contributed by atoms with Crippen LogP contribution in [0.3, 0.4) is 0 Å². The minimum atomic E-state index is 0.111. The van der Waals surface area contributed by atoms with Gasteiger partial charge in [0.1, 0.15) is 12.4 Å². The average Bonchev–Trinajstić information content (AvgIpc) is 2.42. The summed E-state index contributed by atoms with van der Waals surface area (Å²) in [7, 11) is 0. The van der Waals surface area contributed by atoms with Gasteiger partial charge in [0.15, 0.2) is 11.5 Å². The van der Waals surface area contributed by atoms with Gasteiger partial charge in [-0.1, -0.05) is 6.08 Å². The van der Waals surface area contributed by atoms with Gasteiger partial charge in [-0.3, -0.25) is 4.79 Å². The number of hydrogen-bond acceptors (Lipinski definition) is 3. The zero-order valence-corrected chi connectivity index (χ0v) is 10.6. The Morgan fingerprint density at radius 2 is 2.28 bits per heavy atom. The Balaban J connectivity index is 2.17. The number of ether oxygens (including phenoxy) is 2. The standard InChI is InChI=1S/C15H18O3/c1-2-17-15-10-12(11-16)8-9-14(15)18-13-6-4-3-5-7-13/h4,6,8-11,13H,2-3,5,7H2,1H3. The number of allylic oxidation sites excluding steroid dienone is 1. The molecule has 1 atom stereocenters. The summed E-state index contributed by atoms with van der Waals surface area (Å²) in [5.41, 5.74) is 0.602. The van der Waals surface area contributed by atoms with Crippen LogP contribution in [0, 0.1) is 0 Å². The fourth-order valence-corrected chi connectivity index (χ4v) is 2.01. The largest absolute Gasteiger partial charge is 0.490 e. The van der Waals surface area contributed by atoms with E-state index in [4.69, 9.17) is 9.47 Å². The van der Waals surface area contributed by atoms with E-state index in [0.717, 1.165) is 25.5 Å². The van der Waals surface area contributed by atoms with Crippen molar-refractivity contribution in [1.29, 1.82) is 0 Å². The van der Waals surface area contributed by atoms with Crippen LogP contribution in [0.5, 0.6) is 11.5 Å². The second-order valence-corrected chi connectivity index (χ2v) is 4.27. The third-order valence-electron chi connectivity index (χ3n) is 2.89. The van der Waals surface area contributed by atoms with Crippen molar-refractivity contribution in [2.75, 3.05) is 6.61 Å². The first-order chi connectivity index (χ1) is 8.83. The van der Waals surface area contributed by atoms with E-state index in [0.29, 0.717) is 23.7 Å². The Hall–Kier alpha value is -1.77. The zero-order valence-electron chi connectivity index (χ0n) is 10.6. The Morgan fingerprint density at radius 1 is 1.39 bits per heavy atom. The van der Waals surface area contributed by atoms with Crippen LogP contribution in [0.1, 0.15) is 36.5 Å². The summed E-state index contributed by atoms with van der Waals surface area (Å²) in [5.74, 6) is 1.35. The molecule has 0 N–H and O–H groups in total. The lowest BCUT2D eigenvalue weighted by molar-refractivity contribution is 0.112. The van der Waals surface area contributed by atoms with Crippen LogP contribution >= 0.6 is 0 Å². The molecule has 1 unspecified atom stereocenters. The van der Waals surface area contributed by atoms with Crippen molar-refractivity contribution in [3.05, 3.63) is 35.9 Å². The lowest BCUT2D eigenvalue weighted by atomic mass is 10.1. The molecule has 0 spiro atoms. The first-order valence-electron chi connectivity index (χ1n) is 6.39. The first-order valence-corrected chi connectivity index (χ1v) is 6.39. The molecule has 0 aromatic heterocycles. The maximum atomic E-state index is 10.8. The van der Waals surface area contributed by atoms with Crippen molar-refractivity contribution >= 4 is 6.29 Å². The van der Waals surface area contributed by atoms with Crippen molar-refractivity contribution in [3.63, 3.8) is 0 Å². The molecule has 18 heavy (non-hydrogen) atoms. The van der Waals surface area contributed by atoms with Crippen LogP contribution in [-0.2, 0) is 0 Å². The summed E-state index contributed by atoms with van der Waals surface area (Å²) in [6.07, 6.45) is 8.46. The van der Waals surface area contributed by atoms with E-state index < -0.39 is 0 Å². The van der Waals surface area contributed by atoms with E-state index in [1.807, 2.05) is 6.92 Å². The molecule has 0 heterocycles. The van der Waals surface area contributed by atoms with Gasteiger partial charge in [0, 0.05) is 5.56 Å². The SMILES string of the molecule is CCOc1cc(C=O)ccc1OC1C=CCCC1. The normalized spacial score (nSPS) is 18.4. The highest BCUT2D eigenvalue weighted by atomic mass is 16.5. The molecule has 1 aliphatic rings. The number of carbonyl (C=O) groups is 1. The van der Waals surface area contributed by atoms with Crippen molar-refractivity contribution in [1.82, 2.24) is 0 Å². The monoisotopic (exact) mass is 246 g/mol. The molecule has 3 nitrogen and oxygen atoms in total. The van der Waals surface area contributed by atoms with E-state index >= 15 is 0 Å². The van der Waals surface area contributed by atoms with Gasteiger partial charge in [-0.25, -0.2) is 0 Å². The molecule has 0 fully saturated rings. The predicted molar refractivity (Wildman–Crippen MR) is 70.4 cm³/mol. The van der Waals surface area contributed by atoms with Crippen LogP contribution in [0.15, 0.2) is 30.4 Å². The Bertz CT molecular complexity index is 437. The lowest BCUT2D eigenvalue weighted by Crippen LogP contribution is -2.16. The van der Waals surface area contributed by atoms with Crippen molar-refractivity contribution in [2.45, 2.75) is 32.3 Å².